The van der Waals surface area contributed by atoms with Gasteiger partial charge in [0, 0.05) is 62.5 Å². The minimum Gasteiger partial charge on any atom is -0.455 e. The van der Waals surface area contributed by atoms with E-state index in [2.05, 4.69) is 220 Å². The average Bonchev–Trinajstić information content (AvgIpc) is 3.45. The fourth-order valence-electron chi connectivity index (χ4n) is 7.73. The van der Waals surface area contributed by atoms with Gasteiger partial charge < -0.3 is 14.2 Å². The molecule has 1 aliphatic rings. The quantitative estimate of drug-likeness (QED) is 0.156. The molecule has 0 fully saturated rings. The van der Waals surface area contributed by atoms with Crippen molar-refractivity contribution >= 4 is 55.9 Å². The van der Waals surface area contributed by atoms with Gasteiger partial charge in [0.25, 0.3) is 0 Å². The molecule has 0 aliphatic heterocycles. The standard InChI is InChI=1S/C53H44N2O/c1-36-14-25-43(26-15-36)54(44-27-16-37(2)17-28-44)42-9-5-8-40(22-33-42)48-10-6-12-50-51-13-7-11-49(53(51)56-52(48)50)41-23-34-47(35-24-41)55(45-29-18-38(3)19-30-45)46-31-20-39(4)21-32-46/h5-8,10-35H,9H2,1-4H3. The zero-order chi connectivity index (χ0) is 38.2. The lowest BCUT2D eigenvalue weighted by Crippen LogP contribution is -2.16. The normalized spacial score (nSPS) is 12.7. The second-order valence-corrected chi connectivity index (χ2v) is 14.9. The maximum Gasteiger partial charge on any atom is 0.143 e. The van der Waals surface area contributed by atoms with Crippen molar-refractivity contribution in [3.05, 3.63) is 216 Å². The molecule has 0 amide bonds. The summed E-state index contributed by atoms with van der Waals surface area (Å²) in [6.45, 7) is 8.52. The third kappa shape index (κ3) is 6.73. The van der Waals surface area contributed by atoms with Crippen molar-refractivity contribution in [2.24, 2.45) is 0 Å². The molecule has 7 aromatic carbocycles. The van der Waals surface area contributed by atoms with Crippen LogP contribution in [0.2, 0.25) is 0 Å². The van der Waals surface area contributed by atoms with Crippen LogP contribution < -0.4 is 9.80 Å². The highest BCUT2D eigenvalue weighted by Crippen LogP contribution is 2.41. The van der Waals surface area contributed by atoms with E-state index in [4.69, 9.17) is 4.42 Å². The van der Waals surface area contributed by atoms with Crippen molar-refractivity contribution in [1.82, 2.24) is 0 Å². The van der Waals surface area contributed by atoms with Crippen LogP contribution >= 0.6 is 0 Å². The van der Waals surface area contributed by atoms with Crippen molar-refractivity contribution in [3.8, 4) is 11.1 Å². The van der Waals surface area contributed by atoms with Gasteiger partial charge in [-0.25, -0.2) is 0 Å². The van der Waals surface area contributed by atoms with Crippen LogP contribution in [0.25, 0.3) is 38.6 Å². The molecule has 0 atom stereocenters. The average molecular weight is 725 g/mol. The van der Waals surface area contributed by atoms with Crippen molar-refractivity contribution in [3.63, 3.8) is 0 Å². The number of fused-ring (bicyclic) bond motifs is 3. The van der Waals surface area contributed by atoms with Gasteiger partial charge in [-0.2, -0.15) is 0 Å². The molecule has 0 unspecified atom stereocenters. The number of allylic oxidation sites excluding steroid dienone is 5. The Hall–Kier alpha value is -6.84. The van der Waals surface area contributed by atoms with Crippen LogP contribution in [0.5, 0.6) is 0 Å². The number of benzene rings is 7. The number of aryl methyl sites for hydroxylation is 4. The van der Waals surface area contributed by atoms with Gasteiger partial charge >= 0.3 is 0 Å². The van der Waals surface area contributed by atoms with Gasteiger partial charge in [0.15, 0.2) is 0 Å². The van der Waals surface area contributed by atoms with E-state index < -0.39 is 0 Å². The van der Waals surface area contributed by atoms with E-state index in [0.717, 1.165) is 79.1 Å². The van der Waals surface area contributed by atoms with Crippen molar-refractivity contribution in [2.75, 3.05) is 9.80 Å². The van der Waals surface area contributed by atoms with Gasteiger partial charge in [-0.1, -0.05) is 138 Å². The molecule has 0 spiro atoms. The van der Waals surface area contributed by atoms with Crippen molar-refractivity contribution < 1.29 is 4.42 Å². The van der Waals surface area contributed by atoms with Crippen LogP contribution in [0.15, 0.2) is 192 Å². The minimum absolute atomic E-state index is 0.795. The Labute approximate surface area is 329 Å². The molecular formula is C53H44N2O. The summed E-state index contributed by atoms with van der Waals surface area (Å²) in [5.41, 5.74) is 18.0. The second kappa shape index (κ2) is 14.8. The first-order chi connectivity index (χ1) is 27.4. The smallest absolute Gasteiger partial charge is 0.143 e. The van der Waals surface area contributed by atoms with E-state index >= 15 is 0 Å². The van der Waals surface area contributed by atoms with Gasteiger partial charge in [-0.3, -0.25) is 0 Å². The first kappa shape index (κ1) is 34.9. The van der Waals surface area contributed by atoms with Gasteiger partial charge in [0.05, 0.1) is 0 Å². The number of para-hydroxylation sites is 2. The number of hydrogen-bond acceptors (Lipinski definition) is 3. The van der Waals surface area contributed by atoms with Crippen LogP contribution in [0.3, 0.4) is 0 Å². The van der Waals surface area contributed by atoms with Crippen molar-refractivity contribution in [1.29, 1.82) is 0 Å². The summed E-state index contributed by atoms with van der Waals surface area (Å²) in [6.07, 6.45) is 9.80. The van der Waals surface area contributed by atoms with Crippen LogP contribution in [0.1, 0.15) is 34.2 Å². The number of anilines is 5. The summed E-state index contributed by atoms with van der Waals surface area (Å²) in [5.74, 6) is 0. The van der Waals surface area contributed by atoms with Gasteiger partial charge in [0.1, 0.15) is 11.2 Å². The fraction of sp³-hybridized carbons (Fsp3) is 0.0943. The van der Waals surface area contributed by atoms with E-state index in [-0.39, 0.29) is 0 Å². The molecule has 0 saturated heterocycles. The van der Waals surface area contributed by atoms with Crippen LogP contribution in [-0.4, -0.2) is 0 Å². The molecule has 0 saturated carbocycles. The molecule has 56 heavy (non-hydrogen) atoms. The zero-order valence-electron chi connectivity index (χ0n) is 32.3. The maximum atomic E-state index is 6.92. The summed E-state index contributed by atoms with van der Waals surface area (Å²) in [4.78, 5) is 4.67. The molecule has 8 aromatic rings. The number of furan rings is 1. The zero-order valence-corrected chi connectivity index (χ0v) is 32.3. The number of nitrogens with zero attached hydrogens (tertiary/aromatic N) is 2. The predicted molar refractivity (Wildman–Crippen MR) is 238 cm³/mol. The highest BCUT2D eigenvalue weighted by atomic mass is 16.3. The molecule has 0 radical (unpaired) electrons. The number of hydrogen-bond donors (Lipinski definition) is 0. The fourth-order valence-corrected chi connectivity index (χ4v) is 7.73. The lowest BCUT2D eigenvalue weighted by atomic mass is 9.99. The minimum atomic E-state index is 0.795. The van der Waals surface area contributed by atoms with E-state index in [0.29, 0.717) is 0 Å². The molecule has 1 aromatic heterocycles. The molecule has 3 nitrogen and oxygen atoms in total. The van der Waals surface area contributed by atoms with Crippen molar-refractivity contribution in [2.45, 2.75) is 34.1 Å². The molecule has 3 heteroatoms. The Morgan fingerprint density at radius 3 is 1.30 bits per heavy atom. The summed E-state index contributed by atoms with van der Waals surface area (Å²) >= 11 is 0. The SMILES string of the molecule is Cc1ccc(N(C2=CC=C(c3cccc4c3oc3c(-c5ccc(N(c6ccc(C)cc6)c6ccc(C)cc6)cc5)cccc34)C=CC2)c2ccc(C)cc2)cc1. The third-order valence-electron chi connectivity index (χ3n) is 10.8. The van der Waals surface area contributed by atoms with Crippen LogP contribution in [0.4, 0.5) is 28.4 Å². The summed E-state index contributed by atoms with van der Waals surface area (Å²) in [7, 11) is 0. The van der Waals surface area contributed by atoms with E-state index in [1.807, 2.05) is 0 Å². The van der Waals surface area contributed by atoms with Gasteiger partial charge in [-0.05, 0) is 106 Å². The van der Waals surface area contributed by atoms with Crippen LogP contribution in [-0.2, 0) is 0 Å². The highest BCUT2D eigenvalue weighted by molar-refractivity contribution is 6.12. The Balaban J connectivity index is 1.09. The van der Waals surface area contributed by atoms with Crippen LogP contribution in [0, 0.1) is 27.7 Å². The molecule has 1 heterocycles. The molecule has 9 rings (SSSR count). The van der Waals surface area contributed by atoms with Gasteiger partial charge in [0.2, 0.25) is 0 Å². The third-order valence-corrected chi connectivity index (χ3v) is 10.8. The Morgan fingerprint density at radius 1 is 0.411 bits per heavy atom. The lowest BCUT2D eigenvalue weighted by molar-refractivity contribution is 0.669. The summed E-state index contributed by atoms with van der Waals surface area (Å²) in [6, 6.07) is 56.8. The van der Waals surface area contributed by atoms with E-state index in [1.165, 1.54) is 28.0 Å². The number of rotatable bonds is 8. The van der Waals surface area contributed by atoms with E-state index in [1.54, 1.807) is 0 Å². The monoisotopic (exact) mass is 724 g/mol. The molecule has 1 aliphatic carbocycles. The first-order valence-electron chi connectivity index (χ1n) is 19.4. The largest absolute Gasteiger partial charge is 0.455 e. The Morgan fingerprint density at radius 2 is 0.821 bits per heavy atom. The first-order valence-corrected chi connectivity index (χ1v) is 19.4. The second-order valence-electron chi connectivity index (χ2n) is 14.9. The Kier molecular flexibility index (Phi) is 9.20. The molecule has 0 N–H and O–H groups in total. The van der Waals surface area contributed by atoms with Gasteiger partial charge in [-0.15, -0.1) is 0 Å². The maximum absolute atomic E-state index is 6.92. The lowest BCUT2D eigenvalue weighted by Gasteiger charge is -2.27. The highest BCUT2D eigenvalue weighted by Gasteiger charge is 2.19. The topological polar surface area (TPSA) is 19.6 Å². The molecule has 0 bridgehead atoms. The summed E-state index contributed by atoms with van der Waals surface area (Å²) in [5, 5.41) is 2.23. The molecular weight excluding hydrogens is 681 g/mol. The summed E-state index contributed by atoms with van der Waals surface area (Å²) < 4.78 is 6.92. The molecule has 272 valence electrons. The van der Waals surface area contributed by atoms with E-state index in [9.17, 15) is 0 Å². The predicted octanol–water partition coefficient (Wildman–Crippen LogP) is 15.0. The Bertz CT molecular complexity index is 2670.